The van der Waals surface area contributed by atoms with Crippen LogP contribution >= 0.6 is 0 Å². The van der Waals surface area contributed by atoms with E-state index in [0.717, 1.165) is 18.4 Å². The number of hydrogen-bond acceptors (Lipinski definition) is 1. The minimum Gasteiger partial charge on any atom is -0.294 e. The number of carbonyl (C=O) groups excluding carboxylic acids is 1. The highest BCUT2D eigenvalue weighted by molar-refractivity contribution is 6.00. The highest BCUT2D eigenvalue weighted by Gasteiger charge is 2.25. The Hall–Kier alpha value is -1.11. The second kappa shape index (κ2) is 3.19. The van der Waals surface area contributed by atoms with Crippen molar-refractivity contribution in [2.24, 2.45) is 5.92 Å². The van der Waals surface area contributed by atoms with Gasteiger partial charge in [-0.1, -0.05) is 13.0 Å². The molecule has 1 heteroatoms. The van der Waals surface area contributed by atoms with E-state index in [0.29, 0.717) is 5.78 Å². The molecule has 78 valence electrons. The van der Waals surface area contributed by atoms with Crippen LogP contribution in [0.1, 0.15) is 46.8 Å². The van der Waals surface area contributed by atoms with E-state index < -0.39 is 0 Å². The smallest absolute Gasteiger partial charge is 0.165 e. The van der Waals surface area contributed by atoms with Crippen LogP contribution in [0.4, 0.5) is 0 Å². The number of carbonyl (C=O) groups is 1. The van der Waals surface area contributed by atoms with E-state index in [1.54, 1.807) is 0 Å². The predicted octanol–water partition coefficient (Wildman–Crippen LogP) is 2.94. The molecule has 0 spiro atoms. The summed E-state index contributed by atoms with van der Waals surface area (Å²) in [6.07, 6.45) is 5.78. The van der Waals surface area contributed by atoms with Gasteiger partial charge in [-0.15, -0.1) is 0 Å². The fourth-order valence-electron chi connectivity index (χ4n) is 2.88. The lowest BCUT2D eigenvalue weighted by molar-refractivity contribution is 0.0913. The zero-order valence-electron chi connectivity index (χ0n) is 9.18. The van der Waals surface area contributed by atoms with E-state index in [4.69, 9.17) is 0 Å². The van der Waals surface area contributed by atoms with Crippen LogP contribution in [-0.4, -0.2) is 5.78 Å². The van der Waals surface area contributed by atoms with Gasteiger partial charge in [0.2, 0.25) is 0 Å². The number of fused-ring (bicyclic) bond motifs is 2. The van der Waals surface area contributed by atoms with Crippen molar-refractivity contribution in [1.29, 1.82) is 0 Å². The van der Waals surface area contributed by atoms with Crippen molar-refractivity contribution in [3.8, 4) is 0 Å². The molecule has 0 aromatic heterocycles. The van der Waals surface area contributed by atoms with Gasteiger partial charge in [-0.2, -0.15) is 0 Å². The first-order valence-electron chi connectivity index (χ1n) is 5.94. The number of rotatable bonds is 0. The van der Waals surface area contributed by atoms with Crippen molar-refractivity contribution in [1.82, 2.24) is 0 Å². The summed E-state index contributed by atoms with van der Waals surface area (Å²) in [5, 5.41) is 0. The van der Waals surface area contributed by atoms with Gasteiger partial charge in [0, 0.05) is 11.5 Å². The highest BCUT2D eigenvalue weighted by Crippen LogP contribution is 2.31. The Morgan fingerprint density at radius 2 is 1.80 bits per heavy atom. The maximum atomic E-state index is 12.0. The first-order valence-corrected chi connectivity index (χ1v) is 5.94. The molecule has 1 aromatic rings. The molecule has 0 heterocycles. The third kappa shape index (κ3) is 1.33. The first kappa shape index (κ1) is 9.14. The quantitative estimate of drug-likeness (QED) is 0.629. The first-order chi connectivity index (χ1) is 7.25. The zero-order chi connectivity index (χ0) is 10.4. The monoisotopic (exact) mass is 200 g/mol. The summed E-state index contributed by atoms with van der Waals surface area (Å²) in [4.78, 5) is 12.0. The molecule has 1 aromatic carbocycles. The van der Waals surface area contributed by atoms with Crippen LogP contribution < -0.4 is 0 Å². The molecular formula is C14H16O. The average Bonchev–Trinajstić information content (AvgIpc) is 2.68. The van der Waals surface area contributed by atoms with Crippen molar-refractivity contribution >= 4 is 5.78 Å². The number of hydrogen-bond donors (Lipinski definition) is 0. The lowest BCUT2D eigenvalue weighted by atomic mass is 9.82. The van der Waals surface area contributed by atoms with Gasteiger partial charge in [0.25, 0.3) is 0 Å². The molecule has 2 aliphatic carbocycles. The van der Waals surface area contributed by atoms with E-state index >= 15 is 0 Å². The fraction of sp³-hybridized carbons (Fsp3) is 0.500. The summed E-state index contributed by atoms with van der Waals surface area (Å²) in [5.41, 5.74) is 5.25. The van der Waals surface area contributed by atoms with E-state index in [-0.39, 0.29) is 5.92 Å². The van der Waals surface area contributed by atoms with E-state index in [9.17, 15) is 4.79 Å². The molecule has 0 radical (unpaired) electrons. The molecule has 15 heavy (non-hydrogen) atoms. The standard InChI is InChI=1S/C14H16O/c1-9-5-6-12-7-10-3-2-4-11(10)8-13(12)14(9)15/h7-9H,2-6H2,1H3. The Labute approximate surface area is 90.5 Å². The molecule has 0 saturated heterocycles. The third-order valence-electron chi connectivity index (χ3n) is 3.88. The van der Waals surface area contributed by atoms with Crippen molar-refractivity contribution in [2.75, 3.05) is 0 Å². The normalized spacial score (nSPS) is 23.8. The topological polar surface area (TPSA) is 17.1 Å². The third-order valence-corrected chi connectivity index (χ3v) is 3.88. The SMILES string of the molecule is CC1CCc2cc3c(cc2C1=O)CCC3. The molecule has 0 fully saturated rings. The minimum absolute atomic E-state index is 0.233. The van der Waals surface area contributed by atoms with Gasteiger partial charge in [-0.25, -0.2) is 0 Å². The predicted molar refractivity (Wildman–Crippen MR) is 60.3 cm³/mol. The van der Waals surface area contributed by atoms with Crippen LogP contribution in [0.3, 0.4) is 0 Å². The molecule has 3 rings (SSSR count). The second-order valence-electron chi connectivity index (χ2n) is 4.94. The Morgan fingerprint density at radius 3 is 2.60 bits per heavy atom. The van der Waals surface area contributed by atoms with Crippen molar-refractivity contribution in [3.05, 3.63) is 34.4 Å². The van der Waals surface area contributed by atoms with Crippen molar-refractivity contribution in [2.45, 2.75) is 39.0 Å². The Balaban J connectivity index is 2.14. The fourth-order valence-corrected chi connectivity index (χ4v) is 2.88. The van der Waals surface area contributed by atoms with Gasteiger partial charge in [-0.05, 0) is 54.9 Å². The Kier molecular flexibility index (Phi) is 1.95. The van der Waals surface area contributed by atoms with Gasteiger partial charge in [0.1, 0.15) is 0 Å². The van der Waals surface area contributed by atoms with Gasteiger partial charge >= 0.3 is 0 Å². The van der Waals surface area contributed by atoms with Gasteiger partial charge in [0.05, 0.1) is 0 Å². The molecule has 0 saturated carbocycles. The van der Waals surface area contributed by atoms with Crippen LogP contribution in [0.15, 0.2) is 12.1 Å². The van der Waals surface area contributed by atoms with Gasteiger partial charge < -0.3 is 0 Å². The molecule has 1 unspecified atom stereocenters. The van der Waals surface area contributed by atoms with Crippen LogP contribution in [0.5, 0.6) is 0 Å². The van der Waals surface area contributed by atoms with Gasteiger partial charge in [-0.3, -0.25) is 4.79 Å². The highest BCUT2D eigenvalue weighted by atomic mass is 16.1. The van der Waals surface area contributed by atoms with Crippen LogP contribution in [0.2, 0.25) is 0 Å². The zero-order valence-corrected chi connectivity index (χ0v) is 9.18. The number of benzene rings is 1. The minimum atomic E-state index is 0.233. The molecule has 2 aliphatic rings. The van der Waals surface area contributed by atoms with E-state index in [1.165, 1.54) is 36.0 Å². The van der Waals surface area contributed by atoms with E-state index in [2.05, 4.69) is 19.1 Å². The molecule has 0 bridgehead atoms. The summed E-state index contributed by atoms with van der Waals surface area (Å²) >= 11 is 0. The largest absolute Gasteiger partial charge is 0.294 e. The Morgan fingerprint density at radius 1 is 1.07 bits per heavy atom. The maximum Gasteiger partial charge on any atom is 0.165 e. The van der Waals surface area contributed by atoms with Crippen LogP contribution in [-0.2, 0) is 19.3 Å². The summed E-state index contributed by atoms with van der Waals surface area (Å²) in [6.45, 7) is 2.05. The lowest BCUT2D eigenvalue weighted by Gasteiger charge is -2.21. The van der Waals surface area contributed by atoms with Crippen molar-refractivity contribution in [3.63, 3.8) is 0 Å². The maximum absolute atomic E-state index is 12.0. The van der Waals surface area contributed by atoms with E-state index in [1.807, 2.05) is 0 Å². The molecule has 1 nitrogen and oxygen atoms in total. The van der Waals surface area contributed by atoms with Gasteiger partial charge in [0.15, 0.2) is 5.78 Å². The summed E-state index contributed by atoms with van der Waals surface area (Å²) in [7, 11) is 0. The summed E-state index contributed by atoms with van der Waals surface area (Å²) in [6, 6.07) is 4.47. The summed E-state index contributed by atoms with van der Waals surface area (Å²) < 4.78 is 0. The molecule has 0 amide bonds. The number of Topliss-reactive ketones (excluding diaryl/α,β-unsaturated/α-hetero) is 1. The second-order valence-corrected chi connectivity index (χ2v) is 4.94. The lowest BCUT2D eigenvalue weighted by Crippen LogP contribution is -2.20. The molecular weight excluding hydrogens is 184 g/mol. The van der Waals surface area contributed by atoms with Crippen LogP contribution in [0.25, 0.3) is 0 Å². The molecule has 1 atom stereocenters. The summed E-state index contributed by atoms with van der Waals surface area (Å²) in [5.74, 6) is 0.600. The van der Waals surface area contributed by atoms with Crippen LogP contribution in [0, 0.1) is 5.92 Å². The average molecular weight is 200 g/mol. The number of ketones is 1. The Bertz CT molecular complexity index is 431. The molecule has 0 N–H and O–H groups in total. The number of aryl methyl sites for hydroxylation is 3. The van der Waals surface area contributed by atoms with Crippen molar-refractivity contribution < 1.29 is 4.79 Å². The molecule has 0 aliphatic heterocycles.